The molecule has 1 unspecified atom stereocenters. The van der Waals surface area contributed by atoms with Crippen molar-refractivity contribution < 1.29 is 19.1 Å². The summed E-state index contributed by atoms with van der Waals surface area (Å²) >= 11 is 6.54. The summed E-state index contributed by atoms with van der Waals surface area (Å²) in [6.45, 7) is 7.50. The summed E-state index contributed by atoms with van der Waals surface area (Å²) in [6.07, 6.45) is 3.38. The summed E-state index contributed by atoms with van der Waals surface area (Å²) in [7, 11) is 1.65. The van der Waals surface area contributed by atoms with Crippen LogP contribution in [0, 0.1) is 5.41 Å². The molecule has 0 aliphatic carbocycles. The Morgan fingerprint density at radius 1 is 1.06 bits per heavy atom. The molecule has 176 valence electrons. The van der Waals surface area contributed by atoms with E-state index in [9.17, 15) is 14.4 Å². The molecule has 0 N–H and O–H groups in total. The lowest BCUT2D eigenvalue weighted by molar-refractivity contribution is -0.121. The highest BCUT2D eigenvalue weighted by atomic mass is 35.5. The number of benzene rings is 1. The molecule has 33 heavy (non-hydrogen) atoms. The van der Waals surface area contributed by atoms with Crippen molar-refractivity contribution in [2.75, 3.05) is 25.2 Å². The smallest absolute Gasteiger partial charge is 0.234 e. The van der Waals surface area contributed by atoms with E-state index in [1.807, 2.05) is 16.7 Å². The number of carbonyl (C=O) groups excluding carboxylic acids is 2. The van der Waals surface area contributed by atoms with Gasteiger partial charge in [0.1, 0.15) is 11.4 Å². The zero-order valence-electron chi connectivity index (χ0n) is 19.4. The van der Waals surface area contributed by atoms with Crippen molar-refractivity contribution >= 4 is 29.1 Å². The molecule has 2 amide bonds. The predicted octanol–water partition coefficient (Wildman–Crippen LogP) is 4.38. The lowest BCUT2D eigenvalue weighted by Gasteiger charge is -2.39. The predicted molar refractivity (Wildman–Crippen MR) is 127 cm³/mol. The van der Waals surface area contributed by atoms with E-state index in [-0.39, 0.29) is 47.2 Å². The molecule has 2 aliphatic heterocycles. The van der Waals surface area contributed by atoms with Gasteiger partial charge < -0.3 is 14.0 Å². The Balaban J connectivity index is 1.81. The Kier molecular flexibility index (Phi) is 6.38. The van der Waals surface area contributed by atoms with E-state index in [2.05, 4.69) is 20.8 Å². The van der Waals surface area contributed by atoms with Crippen molar-refractivity contribution in [2.45, 2.75) is 52.5 Å². The largest absolute Gasteiger partial charge is 0.492 e. The number of amides is 2. The Hall–Kier alpha value is -2.64. The van der Waals surface area contributed by atoms with Crippen LogP contribution in [0.15, 0.2) is 29.2 Å². The van der Waals surface area contributed by atoms with Crippen molar-refractivity contribution in [3.8, 4) is 17.0 Å². The molecule has 1 saturated heterocycles. The minimum Gasteiger partial charge on any atom is -0.492 e. The monoisotopic (exact) mass is 472 g/mol. The molecule has 0 spiro atoms. The molecule has 1 aromatic heterocycles. The van der Waals surface area contributed by atoms with Crippen molar-refractivity contribution in [2.24, 2.45) is 5.41 Å². The number of pyridine rings is 1. The second-order valence-corrected chi connectivity index (χ2v) is 10.1. The number of carbonyl (C=O) groups is 2. The third-order valence-electron chi connectivity index (χ3n) is 6.29. The van der Waals surface area contributed by atoms with Crippen molar-refractivity contribution in [3.63, 3.8) is 0 Å². The van der Waals surface area contributed by atoms with E-state index in [0.29, 0.717) is 30.4 Å². The zero-order valence-corrected chi connectivity index (χ0v) is 20.2. The van der Waals surface area contributed by atoms with Gasteiger partial charge in [-0.3, -0.25) is 14.4 Å². The number of rotatable bonds is 6. The van der Waals surface area contributed by atoms with Crippen LogP contribution in [-0.4, -0.2) is 36.7 Å². The number of hydrogen-bond acceptors (Lipinski definition) is 5. The van der Waals surface area contributed by atoms with Gasteiger partial charge >= 0.3 is 0 Å². The van der Waals surface area contributed by atoms with Gasteiger partial charge in [-0.15, -0.1) is 0 Å². The standard InChI is InChI=1S/C25H29ClN2O5/c1-25(2,3)22-11-15-10-21(33-9-5-8-32-4)17(26)12-16(15)18-13-20(29)19(14-27(18)22)28-23(30)6-7-24(28)31/h10,12-14,22H,5-9,11H2,1-4H3. The average Bonchev–Trinajstić information content (AvgIpc) is 3.08. The van der Waals surface area contributed by atoms with Gasteiger partial charge in [0.25, 0.3) is 0 Å². The van der Waals surface area contributed by atoms with Crippen molar-refractivity contribution in [1.82, 2.24) is 4.57 Å². The first-order valence-electron chi connectivity index (χ1n) is 11.2. The van der Waals surface area contributed by atoms with E-state index in [0.717, 1.165) is 28.1 Å². The van der Waals surface area contributed by atoms with Crippen LogP contribution < -0.4 is 15.1 Å². The van der Waals surface area contributed by atoms with Crippen LogP contribution in [0.3, 0.4) is 0 Å². The van der Waals surface area contributed by atoms with E-state index >= 15 is 0 Å². The highest BCUT2D eigenvalue weighted by Crippen LogP contribution is 2.45. The van der Waals surface area contributed by atoms with Gasteiger partial charge in [-0.05, 0) is 29.5 Å². The SMILES string of the molecule is COCCCOc1cc2c(cc1Cl)-c1cc(=O)c(N3C(=O)CCC3=O)cn1C(C(C)(C)C)C2. The Morgan fingerprint density at radius 2 is 1.76 bits per heavy atom. The molecule has 7 nitrogen and oxygen atoms in total. The van der Waals surface area contributed by atoms with Gasteiger partial charge in [0.15, 0.2) is 0 Å². The summed E-state index contributed by atoms with van der Waals surface area (Å²) in [5.41, 5.74) is 2.22. The minimum atomic E-state index is -0.360. The molecule has 1 fully saturated rings. The van der Waals surface area contributed by atoms with E-state index in [1.165, 1.54) is 6.07 Å². The highest BCUT2D eigenvalue weighted by molar-refractivity contribution is 6.32. The molecule has 0 radical (unpaired) electrons. The first-order chi connectivity index (χ1) is 15.6. The molecular weight excluding hydrogens is 444 g/mol. The van der Waals surface area contributed by atoms with Crippen LogP contribution in [0.4, 0.5) is 5.69 Å². The second-order valence-electron chi connectivity index (χ2n) is 9.66. The van der Waals surface area contributed by atoms with Crippen LogP contribution in [0.1, 0.15) is 51.6 Å². The lowest BCUT2D eigenvalue weighted by Crippen LogP contribution is -2.36. The average molecular weight is 473 g/mol. The maximum Gasteiger partial charge on any atom is 0.234 e. The van der Waals surface area contributed by atoms with Crippen LogP contribution >= 0.6 is 11.6 Å². The number of halogens is 1. The highest BCUT2D eigenvalue weighted by Gasteiger charge is 2.37. The fourth-order valence-corrected chi connectivity index (χ4v) is 4.77. The summed E-state index contributed by atoms with van der Waals surface area (Å²) in [5.74, 6) is -0.0567. The number of nitrogens with zero attached hydrogens (tertiary/aromatic N) is 2. The fraction of sp³-hybridized carbons (Fsp3) is 0.480. The first kappa shape index (κ1) is 23.5. The summed E-state index contributed by atoms with van der Waals surface area (Å²) in [6, 6.07) is 5.30. The Labute approximate surface area is 198 Å². The Bertz CT molecular complexity index is 1150. The van der Waals surface area contributed by atoms with Crippen LogP contribution in [0.25, 0.3) is 11.3 Å². The van der Waals surface area contributed by atoms with Gasteiger partial charge in [-0.1, -0.05) is 32.4 Å². The zero-order chi connectivity index (χ0) is 23.9. The molecule has 0 bridgehead atoms. The van der Waals surface area contributed by atoms with Crippen LogP contribution in [0.5, 0.6) is 5.75 Å². The van der Waals surface area contributed by atoms with E-state index in [4.69, 9.17) is 21.1 Å². The van der Waals surface area contributed by atoms with Gasteiger partial charge in [-0.25, -0.2) is 4.90 Å². The number of ether oxygens (including phenoxy) is 2. The van der Waals surface area contributed by atoms with Crippen LogP contribution in [-0.2, 0) is 20.7 Å². The lowest BCUT2D eigenvalue weighted by atomic mass is 9.79. The molecule has 1 aromatic carbocycles. The van der Waals surface area contributed by atoms with Crippen LogP contribution in [0.2, 0.25) is 5.02 Å². The summed E-state index contributed by atoms with van der Waals surface area (Å²) in [4.78, 5) is 38.7. The molecule has 2 aromatic rings. The molecule has 3 heterocycles. The molecule has 1 atom stereocenters. The van der Waals surface area contributed by atoms with Gasteiger partial charge in [-0.2, -0.15) is 0 Å². The number of methoxy groups -OCH3 is 1. The van der Waals surface area contributed by atoms with Crippen molar-refractivity contribution in [3.05, 3.63) is 45.2 Å². The minimum absolute atomic E-state index is 0.00493. The molecule has 8 heteroatoms. The third kappa shape index (κ3) is 4.44. The van der Waals surface area contributed by atoms with Gasteiger partial charge in [0.2, 0.25) is 17.2 Å². The molecule has 2 aliphatic rings. The molecular formula is C25H29ClN2O5. The topological polar surface area (TPSA) is 77.8 Å². The number of imide groups is 1. The fourth-order valence-electron chi connectivity index (χ4n) is 4.55. The normalized spacial score (nSPS) is 17.8. The summed E-state index contributed by atoms with van der Waals surface area (Å²) < 4.78 is 13.0. The van der Waals surface area contributed by atoms with Gasteiger partial charge in [0.05, 0.1) is 17.3 Å². The van der Waals surface area contributed by atoms with Crippen molar-refractivity contribution in [1.29, 1.82) is 0 Å². The van der Waals surface area contributed by atoms with E-state index < -0.39 is 0 Å². The second kappa shape index (κ2) is 8.95. The number of hydrogen-bond donors (Lipinski definition) is 0. The number of fused-ring (bicyclic) bond motifs is 3. The molecule has 4 rings (SSSR count). The molecule has 0 saturated carbocycles. The van der Waals surface area contributed by atoms with Gasteiger partial charge in [0, 0.05) is 56.8 Å². The van der Waals surface area contributed by atoms with E-state index in [1.54, 1.807) is 13.3 Å². The Morgan fingerprint density at radius 3 is 2.39 bits per heavy atom. The first-order valence-corrected chi connectivity index (χ1v) is 11.6. The maximum absolute atomic E-state index is 13.1. The quantitative estimate of drug-likeness (QED) is 0.460. The number of aromatic nitrogens is 1. The maximum atomic E-state index is 13.1. The number of anilines is 1. The third-order valence-corrected chi connectivity index (χ3v) is 6.58. The summed E-state index contributed by atoms with van der Waals surface area (Å²) in [5, 5.41) is 0.466.